The van der Waals surface area contributed by atoms with E-state index in [0.29, 0.717) is 12.1 Å². The fourth-order valence-electron chi connectivity index (χ4n) is 2.68. The molecule has 1 unspecified atom stereocenters. The number of carbonyl (C=O) groups excluding carboxylic acids is 2. The Bertz CT molecular complexity index is 1060. The Hall–Kier alpha value is -3.42. The van der Waals surface area contributed by atoms with Crippen LogP contribution >= 0.6 is 0 Å². The Balaban J connectivity index is 1.85. The van der Waals surface area contributed by atoms with Crippen molar-refractivity contribution < 1.29 is 32.2 Å². The third-order valence-corrected chi connectivity index (χ3v) is 5.18. The van der Waals surface area contributed by atoms with E-state index < -0.39 is 33.2 Å². The molecule has 0 spiro atoms. The van der Waals surface area contributed by atoms with Crippen LogP contribution in [-0.4, -0.2) is 60.5 Å². The van der Waals surface area contributed by atoms with Gasteiger partial charge in [-0.1, -0.05) is 0 Å². The molecular formula is C15H18N6O7S. The number of hydrogen-bond donors (Lipinski definition) is 2. The standard InChI is InChI=1S/C15H18N6O7S/c1-7-5-8-11(13(22)28-7)12(19-21(8)2)29(24,25)20-15(23)18-14-16-9(26-3)6-10(17-14)27-4/h6-7H,5H2,1-4H3,(H2,16,17,18,20,23). The van der Waals surface area contributed by atoms with Gasteiger partial charge in [0.25, 0.3) is 10.0 Å². The van der Waals surface area contributed by atoms with Gasteiger partial charge in [0, 0.05) is 13.5 Å². The number of rotatable bonds is 5. The second-order valence-electron chi connectivity index (χ2n) is 6.01. The number of aryl methyl sites for hydroxylation is 1. The van der Waals surface area contributed by atoms with Crippen LogP contribution in [0.4, 0.5) is 10.7 Å². The van der Waals surface area contributed by atoms with E-state index in [0.717, 1.165) is 0 Å². The summed E-state index contributed by atoms with van der Waals surface area (Å²) in [4.78, 5) is 32.1. The molecule has 1 atom stereocenters. The summed E-state index contributed by atoms with van der Waals surface area (Å²) < 4.78 is 43.3. The van der Waals surface area contributed by atoms with Gasteiger partial charge >= 0.3 is 12.0 Å². The van der Waals surface area contributed by atoms with Gasteiger partial charge < -0.3 is 14.2 Å². The highest BCUT2D eigenvalue weighted by Gasteiger charge is 2.37. The molecule has 14 heteroatoms. The predicted octanol–water partition coefficient (Wildman–Crippen LogP) is -0.161. The second-order valence-corrected chi connectivity index (χ2v) is 7.60. The lowest BCUT2D eigenvalue weighted by Crippen LogP contribution is -2.36. The van der Waals surface area contributed by atoms with E-state index in [-0.39, 0.29) is 23.3 Å². The zero-order chi connectivity index (χ0) is 21.3. The maximum Gasteiger partial charge on any atom is 0.343 e. The van der Waals surface area contributed by atoms with Gasteiger partial charge in [-0.15, -0.1) is 0 Å². The first kappa shape index (κ1) is 20.3. The Labute approximate surface area is 165 Å². The Kier molecular flexibility index (Phi) is 5.28. The van der Waals surface area contributed by atoms with E-state index in [1.165, 1.54) is 32.0 Å². The van der Waals surface area contributed by atoms with Crippen molar-refractivity contribution in [2.75, 3.05) is 19.5 Å². The smallest absolute Gasteiger partial charge is 0.343 e. The van der Waals surface area contributed by atoms with Crippen LogP contribution in [0.3, 0.4) is 0 Å². The number of urea groups is 1. The summed E-state index contributed by atoms with van der Waals surface area (Å²) in [5, 5.41) is 5.43. The summed E-state index contributed by atoms with van der Waals surface area (Å²) in [6.07, 6.45) is -0.124. The summed E-state index contributed by atoms with van der Waals surface area (Å²) >= 11 is 0. The number of sulfonamides is 1. The summed E-state index contributed by atoms with van der Waals surface area (Å²) in [7, 11) is -0.300. The Morgan fingerprint density at radius 1 is 1.28 bits per heavy atom. The van der Waals surface area contributed by atoms with E-state index in [9.17, 15) is 18.0 Å². The van der Waals surface area contributed by atoms with Gasteiger partial charge in [0.15, 0.2) is 0 Å². The molecule has 3 rings (SSSR count). The van der Waals surface area contributed by atoms with Crippen LogP contribution in [0.1, 0.15) is 23.0 Å². The number of cyclic esters (lactones) is 1. The van der Waals surface area contributed by atoms with Gasteiger partial charge in [-0.25, -0.2) is 14.3 Å². The monoisotopic (exact) mass is 426 g/mol. The van der Waals surface area contributed by atoms with Crippen LogP contribution in [-0.2, 0) is 28.2 Å². The number of ether oxygens (including phenoxy) is 3. The highest BCUT2D eigenvalue weighted by molar-refractivity contribution is 7.90. The summed E-state index contributed by atoms with van der Waals surface area (Å²) in [5.41, 5.74) is 0.195. The van der Waals surface area contributed by atoms with Crippen molar-refractivity contribution in [2.45, 2.75) is 24.5 Å². The molecule has 0 bridgehead atoms. The SMILES string of the molecule is COc1cc(OC)nc(NC(=O)NS(=O)(=O)c2nn(C)c3c2C(=O)OC(C)C3)n1. The van der Waals surface area contributed by atoms with Gasteiger partial charge in [0.2, 0.25) is 22.7 Å². The molecule has 0 fully saturated rings. The second kappa shape index (κ2) is 7.54. The number of nitrogens with one attached hydrogen (secondary N) is 2. The first-order valence-corrected chi connectivity index (χ1v) is 9.70. The van der Waals surface area contributed by atoms with Crippen molar-refractivity contribution in [3.63, 3.8) is 0 Å². The molecule has 3 heterocycles. The lowest BCUT2D eigenvalue weighted by molar-refractivity contribution is 0.0291. The maximum atomic E-state index is 12.6. The molecule has 0 saturated heterocycles. The molecule has 0 saturated carbocycles. The van der Waals surface area contributed by atoms with E-state index in [2.05, 4.69) is 20.4 Å². The minimum atomic E-state index is -4.49. The third kappa shape index (κ3) is 4.06. The van der Waals surface area contributed by atoms with Gasteiger partial charge in [0.1, 0.15) is 11.7 Å². The molecule has 13 nitrogen and oxygen atoms in total. The molecule has 2 amide bonds. The van der Waals surface area contributed by atoms with Crippen LogP contribution in [0.5, 0.6) is 11.8 Å². The normalized spacial score (nSPS) is 15.9. The number of nitrogens with zero attached hydrogens (tertiary/aromatic N) is 4. The number of methoxy groups -OCH3 is 2. The van der Waals surface area contributed by atoms with Crippen LogP contribution in [0.2, 0.25) is 0 Å². The number of esters is 1. The average Bonchev–Trinajstić information content (AvgIpc) is 2.98. The van der Waals surface area contributed by atoms with Crippen molar-refractivity contribution in [3.05, 3.63) is 17.3 Å². The summed E-state index contributed by atoms with van der Waals surface area (Å²) in [6.45, 7) is 1.68. The molecule has 0 aromatic carbocycles. The highest BCUT2D eigenvalue weighted by Crippen LogP contribution is 2.26. The van der Waals surface area contributed by atoms with E-state index >= 15 is 0 Å². The molecule has 2 aromatic heterocycles. The fraction of sp³-hybridized carbons (Fsp3) is 0.400. The van der Waals surface area contributed by atoms with Gasteiger partial charge in [0.05, 0.1) is 26.0 Å². The van der Waals surface area contributed by atoms with Crippen LogP contribution in [0.25, 0.3) is 0 Å². The highest BCUT2D eigenvalue weighted by atomic mass is 32.2. The van der Waals surface area contributed by atoms with Gasteiger partial charge in [-0.05, 0) is 6.92 Å². The van der Waals surface area contributed by atoms with Crippen molar-refractivity contribution in [3.8, 4) is 11.8 Å². The van der Waals surface area contributed by atoms with E-state index in [1.54, 1.807) is 11.6 Å². The number of carbonyl (C=O) groups is 2. The molecule has 156 valence electrons. The topological polar surface area (TPSA) is 164 Å². The van der Waals surface area contributed by atoms with Gasteiger partial charge in [-0.3, -0.25) is 10.00 Å². The Morgan fingerprint density at radius 2 is 1.90 bits per heavy atom. The molecular weight excluding hydrogens is 408 g/mol. The molecule has 1 aliphatic rings. The molecule has 29 heavy (non-hydrogen) atoms. The number of amides is 2. The van der Waals surface area contributed by atoms with Crippen molar-refractivity contribution in [2.24, 2.45) is 7.05 Å². The largest absolute Gasteiger partial charge is 0.481 e. The minimum absolute atomic E-state index is 0.0886. The van der Waals surface area contributed by atoms with Crippen molar-refractivity contribution >= 4 is 28.0 Å². The third-order valence-electron chi connectivity index (χ3n) is 3.93. The molecule has 0 aliphatic carbocycles. The van der Waals surface area contributed by atoms with Crippen molar-refractivity contribution in [1.82, 2.24) is 24.5 Å². The number of anilines is 1. The summed E-state index contributed by atoms with van der Waals surface area (Å²) in [5.74, 6) is -0.907. The zero-order valence-corrected chi connectivity index (χ0v) is 16.7. The molecule has 2 aromatic rings. The quantitative estimate of drug-likeness (QED) is 0.614. The van der Waals surface area contributed by atoms with Gasteiger partial charge in [-0.2, -0.15) is 23.5 Å². The van der Waals surface area contributed by atoms with Crippen LogP contribution in [0, 0.1) is 0 Å². The lowest BCUT2D eigenvalue weighted by atomic mass is 10.1. The minimum Gasteiger partial charge on any atom is -0.481 e. The number of aromatic nitrogens is 4. The van der Waals surface area contributed by atoms with Crippen molar-refractivity contribution in [1.29, 1.82) is 0 Å². The zero-order valence-electron chi connectivity index (χ0n) is 15.9. The Morgan fingerprint density at radius 3 is 2.48 bits per heavy atom. The first-order valence-electron chi connectivity index (χ1n) is 8.22. The summed E-state index contributed by atoms with van der Waals surface area (Å²) in [6, 6.07) is 0.198. The number of fused-ring (bicyclic) bond motifs is 1. The average molecular weight is 426 g/mol. The molecule has 1 aliphatic heterocycles. The molecule has 0 radical (unpaired) electrons. The first-order chi connectivity index (χ1) is 13.6. The lowest BCUT2D eigenvalue weighted by Gasteiger charge is -2.19. The predicted molar refractivity (Wildman–Crippen MR) is 96.3 cm³/mol. The molecule has 2 N–H and O–H groups in total. The van der Waals surface area contributed by atoms with Crippen LogP contribution < -0.4 is 19.5 Å². The van der Waals surface area contributed by atoms with E-state index in [1.807, 2.05) is 0 Å². The maximum absolute atomic E-state index is 12.6. The van der Waals surface area contributed by atoms with Crippen LogP contribution in [0.15, 0.2) is 11.1 Å². The fourth-order valence-corrected chi connectivity index (χ4v) is 3.77. The number of hydrogen-bond acceptors (Lipinski definition) is 10. The van der Waals surface area contributed by atoms with E-state index in [4.69, 9.17) is 14.2 Å².